The van der Waals surface area contributed by atoms with Crippen LogP contribution in [0.4, 0.5) is 4.79 Å². The lowest BCUT2D eigenvalue weighted by Crippen LogP contribution is -2.46. The van der Waals surface area contributed by atoms with E-state index in [4.69, 9.17) is 4.74 Å². The Morgan fingerprint density at radius 1 is 1.22 bits per heavy atom. The van der Waals surface area contributed by atoms with Gasteiger partial charge in [-0.25, -0.2) is 17.9 Å². The predicted molar refractivity (Wildman–Crippen MR) is 87.8 cm³/mol. The summed E-state index contributed by atoms with van der Waals surface area (Å²) in [6, 6.07) is 6.77. The Kier molecular flexibility index (Phi) is 6.01. The molecular formula is C16H24N2O4S. The van der Waals surface area contributed by atoms with Crippen LogP contribution in [0, 0.1) is 0 Å². The minimum Gasteiger partial charge on any atom is -0.450 e. The van der Waals surface area contributed by atoms with Crippen LogP contribution in [0.2, 0.25) is 0 Å². The van der Waals surface area contributed by atoms with E-state index in [1.165, 1.54) is 0 Å². The summed E-state index contributed by atoms with van der Waals surface area (Å²) in [5, 5.41) is 0. The molecular weight excluding hydrogens is 316 g/mol. The van der Waals surface area contributed by atoms with Crippen LogP contribution < -0.4 is 4.72 Å². The molecule has 1 aromatic carbocycles. The summed E-state index contributed by atoms with van der Waals surface area (Å²) in [6.45, 7) is 5.14. The lowest BCUT2D eigenvalue weighted by molar-refractivity contribution is 0.0966. The first-order valence-electron chi connectivity index (χ1n) is 7.99. The lowest BCUT2D eigenvalue weighted by atomic mass is 10.1. The highest BCUT2D eigenvalue weighted by Crippen LogP contribution is 2.16. The number of aryl methyl sites for hydroxylation is 1. The third-order valence-corrected chi connectivity index (χ3v) is 5.52. The second-order valence-corrected chi connectivity index (χ2v) is 7.29. The first kappa shape index (κ1) is 17.7. The van der Waals surface area contributed by atoms with Gasteiger partial charge in [0.1, 0.15) is 0 Å². The maximum Gasteiger partial charge on any atom is 0.409 e. The van der Waals surface area contributed by atoms with Crippen molar-refractivity contribution in [2.45, 2.75) is 44.0 Å². The number of benzene rings is 1. The molecule has 128 valence electrons. The van der Waals surface area contributed by atoms with Crippen molar-refractivity contribution >= 4 is 16.1 Å². The van der Waals surface area contributed by atoms with Crippen LogP contribution in [0.1, 0.15) is 32.3 Å². The fraction of sp³-hybridized carbons (Fsp3) is 0.562. The van der Waals surface area contributed by atoms with Gasteiger partial charge in [0.05, 0.1) is 11.5 Å². The molecule has 1 aliphatic rings. The van der Waals surface area contributed by atoms with Crippen LogP contribution >= 0.6 is 0 Å². The number of amides is 1. The van der Waals surface area contributed by atoms with Crippen molar-refractivity contribution in [1.29, 1.82) is 0 Å². The Hall–Kier alpha value is -1.60. The lowest BCUT2D eigenvalue weighted by Gasteiger charge is -2.31. The molecule has 0 spiro atoms. The van der Waals surface area contributed by atoms with Crippen LogP contribution in [0.3, 0.4) is 0 Å². The van der Waals surface area contributed by atoms with E-state index in [0.29, 0.717) is 32.5 Å². The topological polar surface area (TPSA) is 75.7 Å². The molecule has 0 aromatic heterocycles. The van der Waals surface area contributed by atoms with Crippen LogP contribution in [0.25, 0.3) is 0 Å². The zero-order valence-corrected chi connectivity index (χ0v) is 14.4. The molecule has 23 heavy (non-hydrogen) atoms. The molecule has 0 atom stereocenters. The average Bonchev–Trinajstić information content (AvgIpc) is 2.55. The van der Waals surface area contributed by atoms with Gasteiger partial charge in [-0.1, -0.05) is 19.1 Å². The standard InChI is InChI=1S/C16H24N2O4S/c1-3-13-5-7-15(8-6-13)23(20,21)17-14-9-11-18(12-10-14)16(19)22-4-2/h5-8,14,17H,3-4,9-12H2,1-2H3. The van der Waals surface area contributed by atoms with Gasteiger partial charge in [-0.15, -0.1) is 0 Å². The molecule has 1 amide bonds. The van der Waals surface area contributed by atoms with Gasteiger partial charge in [-0.2, -0.15) is 0 Å². The van der Waals surface area contributed by atoms with Crippen molar-refractivity contribution in [3.8, 4) is 0 Å². The summed E-state index contributed by atoms with van der Waals surface area (Å²) in [6.07, 6.45) is 1.72. The van der Waals surface area contributed by atoms with Gasteiger partial charge in [0.2, 0.25) is 10.0 Å². The summed E-state index contributed by atoms with van der Waals surface area (Å²) in [5.74, 6) is 0. The molecule has 0 bridgehead atoms. The highest BCUT2D eigenvalue weighted by molar-refractivity contribution is 7.89. The summed E-state index contributed by atoms with van der Waals surface area (Å²) in [5.41, 5.74) is 1.10. The monoisotopic (exact) mass is 340 g/mol. The first-order chi connectivity index (χ1) is 11.0. The molecule has 2 rings (SSSR count). The molecule has 0 unspecified atom stereocenters. The zero-order valence-electron chi connectivity index (χ0n) is 13.6. The Morgan fingerprint density at radius 2 is 1.83 bits per heavy atom. The SMILES string of the molecule is CCOC(=O)N1CCC(NS(=O)(=O)c2ccc(CC)cc2)CC1. The molecule has 7 heteroatoms. The number of piperidine rings is 1. The van der Waals surface area contributed by atoms with Gasteiger partial charge in [0, 0.05) is 19.1 Å². The van der Waals surface area contributed by atoms with Gasteiger partial charge in [0.15, 0.2) is 0 Å². The molecule has 0 aliphatic carbocycles. The smallest absolute Gasteiger partial charge is 0.409 e. The molecule has 1 fully saturated rings. The van der Waals surface area contributed by atoms with E-state index in [2.05, 4.69) is 4.72 Å². The second kappa shape index (κ2) is 7.79. The van der Waals surface area contributed by atoms with Crippen molar-refractivity contribution in [2.24, 2.45) is 0 Å². The predicted octanol–water partition coefficient (Wildman–Crippen LogP) is 2.15. The van der Waals surface area contributed by atoms with Crippen molar-refractivity contribution in [1.82, 2.24) is 9.62 Å². The number of nitrogens with zero attached hydrogens (tertiary/aromatic N) is 1. The number of carbonyl (C=O) groups is 1. The maximum atomic E-state index is 12.4. The molecule has 0 saturated carbocycles. The summed E-state index contributed by atoms with van der Waals surface area (Å²) < 4.78 is 32.5. The minimum absolute atomic E-state index is 0.156. The summed E-state index contributed by atoms with van der Waals surface area (Å²) in [7, 11) is -3.52. The number of hydrogen-bond acceptors (Lipinski definition) is 4. The third-order valence-electron chi connectivity index (χ3n) is 3.98. The fourth-order valence-corrected chi connectivity index (χ4v) is 3.89. The van der Waals surface area contributed by atoms with Gasteiger partial charge in [-0.3, -0.25) is 0 Å². The van der Waals surface area contributed by atoms with Gasteiger partial charge < -0.3 is 9.64 Å². The average molecular weight is 340 g/mol. The quantitative estimate of drug-likeness (QED) is 0.891. The molecule has 1 saturated heterocycles. The van der Waals surface area contributed by atoms with Crippen LogP contribution in [0.5, 0.6) is 0 Å². The van der Waals surface area contributed by atoms with Gasteiger partial charge >= 0.3 is 6.09 Å². The molecule has 1 aromatic rings. The van der Waals surface area contributed by atoms with E-state index in [1.807, 2.05) is 19.1 Å². The van der Waals surface area contributed by atoms with Crippen LogP contribution in [0.15, 0.2) is 29.2 Å². The molecule has 6 nitrogen and oxygen atoms in total. The van der Waals surface area contributed by atoms with E-state index >= 15 is 0 Å². The summed E-state index contributed by atoms with van der Waals surface area (Å²) >= 11 is 0. The van der Waals surface area contributed by atoms with E-state index in [-0.39, 0.29) is 17.0 Å². The minimum atomic E-state index is -3.52. The fourth-order valence-electron chi connectivity index (χ4n) is 2.59. The second-order valence-electron chi connectivity index (χ2n) is 5.58. The number of ether oxygens (including phenoxy) is 1. The van der Waals surface area contributed by atoms with Gasteiger partial charge in [0.25, 0.3) is 0 Å². The molecule has 1 heterocycles. The number of nitrogens with one attached hydrogen (secondary N) is 1. The Labute approximate surface area is 137 Å². The highest BCUT2D eigenvalue weighted by Gasteiger charge is 2.27. The zero-order chi connectivity index (χ0) is 16.9. The van der Waals surface area contributed by atoms with Crippen molar-refractivity contribution < 1.29 is 17.9 Å². The number of sulfonamides is 1. The normalized spacial score (nSPS) is 16.3. The van der Waals surface area contributed by atoms with E-state index in [1.54, 1.807) is 24.0 Å². The first-order valence-corrected chi connectivity index (χ1v) is 9.47. The summed E-state index contributed by atoms with van der Waals surface area (Å²) in [4.78, 5) is 13.5. The largest absolute Gasteiger partial charge is 0.450 e. The number of rotatable bonds is 5. The van der Waals surface area contributed by atoms with Crippen molar-refractivity contribution in [3.63, 3.8) is 0 Å². The highest BCUT2D eigenvalue weighted by atomic mass is 32.2. The van der Waals surface area contributed by atoms with E-state index < -0.39 is 10.0 Å². The van der Waals surface area contributed by atoms with Gasteiger partial charge in [-0.05, 0) is 43.9 Å². The maximum absolute atomic E-state index is 12.4. The number of hydrogen-bond donors (Lipinski definition) is 1. The number of carbonyl (C=O) groups excluding carboxylic acids is 1. The molecule has 1 aliphatic heterocycles. The Bertz CT molecular complexity index is 620. The Balaban J connectivity index is 1.93. The molecule has 0 radical (unpaired) electrons. The third kappa shape index (κ3) is 4.68. The van der Waals surface area contributed by atoms with E-state index in [9.17, 15) is 13.2 Å². The van der Waals surface area contributed by atoms with Crippen LogP contribution in [-0.2, 0) is 21.2 Å². The number of likely N-dealkylation sites (tertiary alicyclic amines) is 1. The Morgan fingerprint density at radius 3 is 2.35 bits per heavy atom. The van der Waals surface area contributed by atoms with Crippen molar-refractivity contribution in [2.75, 3.05) is 19.7 Å². The van der Waals surface area contributed by atoms with Crippen LogP contribution in [-0.4, -0.2) is 45.1 Å². The van der Waals surface area contributed by atoms with Crippen molar-refractivity contribution in [3.05, 3.63) is 29.8 Å². The van der Waals surface area contributed by atoms with E-state index in [0.717, 1.165) is 12.0 Å². The molecule has 1 N–H and O–H groups in total.